The Balaban J connectivity index is 1.87. The predicted octanol–water partition coefficient (Wildman–Crippen LogP) is 2.16. The fraction of sp³-hybridized carbons (Fsp3) is 0.579. The number of nitrogens with one attached hydrogen (secondary N) is 3. The van der Waals surface area contributed by atoms with E-state index >= 15 is 0 Å². The molecule has 0 heterocycles. The minimum atomic E-state index is -3.66. The molecule has 0 atom stereocenters. The van der Waals surface area contributed by atoms with Crippen molar-refractivity contribution in [2.45, 2.75) is 63.0 Å². The highest BCUT2D eigenvalue weighted by atomic mass is 32.2. The fourth-order valence-electron chi connectivity index (χ4n) is 2.89. The molecule has 1 saturated carbocycles. The normalized spacial score (nSPS) is 15.2. The largest absolute Gasteiger partial charge is 0.444 e. The monoisotopic (exact) mass is 411 g/mol. The number of alkyl carbamates (subject to hydrolysis) is 1. The topological polar surface area (TPSA) is 114 Å². The van der Waals surface area contributed by atoms with Crippen LogP contribution in [0.5, 0.6) is 0 Å². The first-order valence-electron chi connectivity index (χ1n) is 9.44. The molecule has 0 aromatic heterocycles. The van der Waals surface area contributed by atoms with Crippen molar-refractivity contribution >= 4 is 22.0 Å². The maximum Gasteiger partial charge on any atom is 0.407 e. The van der Waals surface area contributed by atoms with E-state index in [1.54, 1.807) is 26.8 Å². The highest BCUT2D eigenvalue weighted by molar-refractivity contribution is 7.89. The summed E-state index contributed by atoms with van der Waals surface area (Å²) in [6, 6.07) is 5.87. The van der Waals surface area contributed by atoms with Crippen LogP contribution in [0.25, 0.3) is 0 Å². The van der Waals surface area contributed by atoms with Crippen LogP contribution in [0.15, 0.2) is 29.2 Å². The zero-order valence-electron chi connectivity index (χ0n) is 16.6. The van der Waals surface area contributed by atoms with Gasteiger partial charge in [-0.15, -0.1) is 0 Å². The summed E-state index contributed by atoms with van der Waals surface area (Å²) >= 11 is 0. The van der Waals surface area contributed by atoms with Crippen LogP contribution in [0.3, 0.4) is 0 Å². The Labute approximate surface area is 166 Å². The van der Waals surface area contributed by atoms with Crippen molar-refractivity contribution in [2.24, 2.45) is 0 Å². The molecule has 2 amide bonds. The minimum absolute atomic E-state index is 0.0404. The molecule has 3 N–H and O–H groups in total. The van der Waals surface area contributed by atoms with Crippen molar-refractivity contribution < 1.29 is 22.7 Å². The third kappa shape index (κ3) is 7.12. The van der Waals surface area contributed by atoms with Crippen LogP contribution in [-0.4, -0.2) is 45.2 Å². The number of sulfonamides is 1. The van der Waals surface area contributed by atoms with E-state index in [0.717, 1.165) is 25.7 Å². The molecule has 0 spiro atoms. The first kappa shape index (κ1) is 22.2. The molecule has 1 aromatic rings. The Bertz CT molecular complexity index is 796. The molecular formula is C19H29N3O5S. The molecule has 0 radical (unpaired) electrons. The van der Waals surface area contributed by atoms with Crippen molar-refractivity contribution in [3.63, 3.8) is 0 Å². The molecule has 0 unspecified atom stereocenters. The second kappa shape index (κ2) is 9.38. The summed E-state index contributed by atoms with van der Waals surface area (Å²) in [5.74, 6) is -0.413. The van der Waals surface area contributed by atoms with Crippen molar-refractivity contribution in [1.29, 1.82) is 0 Å². The van der Waals surface area contributed by atoms with Crippen molar-refractivity contribution in [3.8, 4) is 0 Å². The van der Waals surface area contributed by atoms with Crippen LogP contribution in [0.4, 0.5) is 4.79 Å². The second-order valence-electron chi connectivity index (χ2n) is 7.82. The number of hydrogen-bond acceptors (Lipinski definition) is 5. The lowest BCUT2D eigenvalue weighted by Gasteiger charge is -2.19. The Hall–Kier alpha value is -2.13. The van der Waals surface area contributed by atoms with Crippen LogP contribution in [-0.2, 0) is 14.8 Å². The summed E-state index contributed by atoms with van der Waals surface area (Å²) in [7, 11) is -3.66. The summed E-state index contributed by atoms with van der Waals surface area (Å²) in [4.78, 5) is 23.9. The van der Waals surface area contributed by atoms with Crippen molar-refractivity contribution in [1.82, 2.24) is 15.4 Å². The Morgan fingerprint density at radius 2 is 1.75 bits per heavy atom. The summed E-state index contributed by atoms with van der Waals surface area (Å²) in [5, 5.41) is 5.18. The number of ether oxygens (including phenoxy) is 1. The van der Waals surface area contributed by atoms with Gasteiger partial charge in [0, 0.05) is 24.7 Å². The molecule has 0 bridgehead atoms. The van der Waals surface area contributed by atoms with Gasteiger partial charge in [0.05, 0.1) is 4.90 Å². The zero-order chi connectivity index (χ0) is 20.8. The number of amides is 2. The lowest BCUT2D eigenvalue weighted by atomic mass is 10.2. The van der Waals surface area contributed by atoms with Crippen molar-refractivity contribution in [3.05, 3.63) is 29.8 Å². The minimum Gasteiger partial charge on any atom is -0.444 e. The Kier molecular flexibility index (Phi) is 7.42. The third-order valence-electron chi connectivity index (χ3n) is 4.16. The number of hydrogen-bond donors (Lipinski definition) is 3. The zero-order valence-corrected chi connectivity index (χ0v) is 17.4. The number of carbonyl (C=O) groups excluding carboxylic acids is 2. The van der Waals surface area contributed by atoms with Crippen LogP contribution >= 0.6 is 0 Å². The average Bonchev–Trinajstić information content (AvgIpc) is 3.09. The van der Waals surface area contributed by atoms with Gasteiger partial charge in [-0.1, -0.05) is 18.9 Å². The lowest BCUT2D eigenvalue weighted by molar-refractivity contribution is 0.0526. The van der Waals surface area contributed by atoms with Gasteiger partial charge in [-0.05, 0) is 51.8 Å². The molecule has 9 heteroatoms. The smallest absolute Gasteiger partial charge is 0.407 e. The standard InChI is InChI=1S/C19H29N3O5S/c1-19(2,3)27-18(24)21-12-11-20-17(23)14-7-6-10-16(13-14)28(25,26)22-15-8-4-5-9-15/h6-7,10,13,15,22H,4-5,8-9,11-12H2,1-3H3,(H,20,23)(H,21,24). The van der Waals surface area contributed by atoms with Crippen LogP contribution in [0.1, 0.15) is 56.8 Å². The average molecular weight is 412 g/mol. The molecule has 1 fully saturated rings. The van der Waals surface area contributed by atoms with Crippen LogP contribution in [0.2, 0.25) is 0 Å². The maximum atomic E-state index is 12.5. The number of rotatable bonds is 7. The molecule has 8 nitrogen and oxygen atoms in total. The highest BCUT2D eigenvalue weighted by Crippen LogP contribution is 2.20. The first-order valence-corrected chi connectivity index (χ1v) is 10.9. The molecular weight excluding hydrogens is 382 g/mol. The van der Waals surface area contributed by atoms with E-state index in [9.17, 15) is 18.0 Å². The summed E-state index contributed by atoms with van der Waals surface area (Å²) in [6.07, 6.45) is 3.15. The van der Waals surface area contributed by atoms with Crippen molar-refractivity contribution in [2.75, 3.05) is 13.1 Å². The molecule has 1 aromatic carbocycles. The quantitative estimate of drug-likeness (QED) is 0.595. The molecule has 1 aliphatic rings. The van der Waals surface area contributed by atoms with Gasteiger partial charge in [-0.3, -0.25) is 4.79 Å². The molecule has 2 rings (SSSR count). The molecule has 28 heavy (non-hydrogen) atoms. The van der Waals surface area contributed by atoms with Gasteiger partial charge in [0.25, 0.3) is 5.91 Å². The Morgan fingerprint density at radius 1 is 1.11 bits per heavy atom. The number of benzene rings is 1. The summed E-state index contributed by atoms with van der Waals surface area (Å²) < 4.78 is 32.8. The van der Waals surface area contributed by atoms with Crippen LogP contribution in [0, 0.1) is 0 Å². The maximum absolute atomic E-state index is 12.5. The summed E-state index contributed by atoms with van der Waals surface area (Å²) in [5.41, 5.74) is -0.349. The van der Waals surface area contributed by atoms with E-state index in [1.807, 2.05) is 0 Å². The van der Waals surface area contributed by atoms with E-state index in [4.69, 9.17) is 4.74 Å². The molecule has 156 valence electrons. The SMILES string of the molecule is CC(C)(C)OC(=O)NCCNC(=O)c1cccc(S(=O)(=O)NC2CCCC2)c1. The van der Waals surface area contributed by atoms with Gasteiger partial charge in [0.15, 0.2) is 0 Å². The van der Waals surface area contributed by atoms with Gasteiger partial charge in [-0.2, -0.15) is 0 Å². The summed E-state index contributed by atoms with van der Waals surface area (Å²) in [6.45, 7) is 5.67. The first-order chi connectivity index (χ1) is 13.1. The van der Waals surface area contributed by atoms with E-state index in [0.29, 0.717) is 0 Å². The van der Waals surface area contributed by atoms with E-state index in [1.165, 1.54) is 18.2 Å². The molecule has 0 aliphatic heterocycles. The highest BCUT2D eigenvalue weighted by Gasteiger charge is 2.23. The lowest BCUT2D eigenvalue weighted by Crippen LogP contribution is -2.38. The fourth-order valence-corrected chi connectivity index (χ4v) is 4.24. The third-order valence-corrected chi connectivity index (χ3v) is 5.68. The van der Waals surface area contributed by atoms with E-state index in [2.05, 4.69) is 15.4 Å². The van der Waals surface area contributed by atoms with Gasteiger partial charge < -0.3 is 15.4 Å². The second-order valence-corrected chi connectivity index (χ2v) is 9.53. The van der Waals surface area contributed by atoms with Crippen LogP contribution < -0.4 is 15.4 Å². The van der Waals surface area contributed by atoms with Gasteiger partial charge in [0.2, 0.25) is 10.0 Å². The molecule has 1 aliphatic carbocycles. The number of carbonyl (C=O) groups is 2. The molecule has 0 saturated heterocycles. The predicted molar refractivity (Wildman–Crippen MR) is 106 cm³/mol. The van der Waals surface area contributed by atoms with Gasteiger partial charge >= 0.3 is 6.09 Å². The van der Waals surface area contributed by atoms with Gasteiger partial charge in [0.1, 0.15) is 5.60 Å². The van der Waals surface area contributed by atoms with E-state index in [-0.39, 0.29) is 29.6 Å². The van der Waals surface area contributed by atoms with Gasteiger partial charge in [-0.25, -0.2) is 17.9 Å². The Morgan fingerprint density at radius 3 is 2.39 bits per heavy atom. The van der Waals surface area contributed by atoms with E-state index < -0.39 is 27.6 Å².